The summed E-state index contributed by atoms with van der Waals surface area (Å²) >= 11 is 0. The van der Waals surface area contributed by atoms with Gasteiger partial charge in [-0.15, -0.1) is 4.91 Å². The predicted molar refractivity (Wildman–Crippen MR) is 125 cm³/mol. The quantitative estimate of drug-likeness (QED) is 0.329. The van der Waals surface area contributed by atoms with Crippen molar-refractivity contribution in [3.63, 3.8) is 0 Å². The molecule has 0 aliphatic heterocycles. The van der Waals surface area contributed by atoms with Crippen molar-refractivity contribution in [1.82, 2.24) is 5.01 Å². The van der Waals surface area contributed by atoms with E-state index >= 15 is 0 Å². The molecule has 3 rings (SSSR count). The fourth-order valence-corrected chi connectivity index (χ4v) is 3.13. The van der Waals surface area contributed by atoms with Crippen molar-refractivity contribution in [2.24, 2.45) is 5.29 Å². The number of benzene rings is 3. The van der Waals surface area contributed by atoms with Gasteiger partial charge in [0.25, 0.3) is 0 Å². The van der Waals surface area contributed by atoms with Crippen LogP contribution in [0.15, 0.2) is 84.1 Å². The van der Waals surface area contributed by atoms with Crippen LogP contribution < -0.4 is 9.47 Å². The lowest BCUT2D eigenvalue weighted by Gasteiger charge is -2.31. The fourth-order valence-electron chi connectivity index (χ4n) is 3.13. The summed E-state index contributed by atoms with van der Waals surface area (Å²) in [6.07, 6.45) is -0.939. The molecule has 32 heavy (non-hydrogen) atoms. The topological polar surface area (TPSA) is 71.4 Å². The summed E-state index contributed by atoms with van der Waals surface area (Å²) in [6, 6.07) is 25.1. The summed E-state index contributed by atoms with van der Waals surface area (Å²) in [5.41, 5.74) is 2.16. The van der Waals surface area contributed by atoms with Crippen LogP contribution in [0.25, 0.3) is 0 Å². The van der Waals surface area contributed by atoms with Crippen LogP contribution in [-0.2, 0) is 13.2 Å². The molecule has 0 saturated carbocycles. The molecule has 0 radical (unpaired) electrons. The summed E-state index contributed by atoms with van der Waals surface area (Å²) in [5.74, 6) is 1.16. The zero-order valence-corrected chi connectivity index (χ0v) is 18.8. The minimum Gasteiger partial charge on any atom is -0.489 e. The van der Waals surface area contributed by atoms with Crippen LogP contribution in [0.1, 0.15) is 43.6 Å². The molecular formula is C26H30N2O4. The van der Waals surface area contributed by atoms with Gasteiger partial charge in [-0.05, 0) is 49.6 Å². The Hall–Kier alpha value is -3.38. The third kappa shape index (κ3) is 6.82. The number of aliphatic hydroxyl groups is 1. The molecule has 0 heterocycles. The molecule has 3 aromatic carbocycles. The van der Waals surface area contributed by atoms with E-state index in [9.17, 15) is 10.0 Å². The molecule has 0 fully saturated rings. The monoisotopic (exact) mass is 434 g/mol. The van der Waals surface area contributed by atoms with E-state index in [2.05, 4.69) is 5.29 Å². The maximum Gasteiger partial charge on any atom is 0.123 e. The van der Waals surface area contributed by atoms with E-state index in [4.69, 9.17) is 9.47 Å². The zero-order valence-electron chi connectivity index (χ0n) is 18.8. The second kappa shape index (κ2) is 10.8. The standard InChI is InChI=1S/C26H30N2O4/c1-26(2,3)28(27-30)17-25(29)22-14-23(31-18-20-10-6-4-7-11-20)16-24(15-22)32-19-21-12-8-5-9-13-21/h4-16,25,29H,17-19H2,1-3H3. The van der Waals surface area contributed by atoms with E-state index in [1.54, 1.807) is 12.1 Å². The van der Waals surface area contributed by atoms with Gasteiger partial charge in [0.1, 0.15) is 24.7 Å². The molecule has 0 bridgehead atoms. The van der Waals surface area contributed by atoms with Gasteiger partial charge in [-0.2, -0.15) is 0 Å². The molecule has 0 aliphatic carbocycles. The van der Waals surface area contributed by atoms with Crippen molar-refractivity contribution in [3.05, 3.63) is 100 Å². The third-order valence-corrected chi connectivity index (χ3v) is 5.00. The molecule has 1 N–H and O–H groups in total. The Balaban J connectivity index is 1.80. The summed E-state index contributed by atoms with van der Waals surface area (Å²) < 4.78 is 12.0. The molecule has 1 unspecified atom stereocenters. The van der Waals surface area contributed by atoms with Crippen LogP contribution in [-0.4, -0.2) is 22.2 Å². The number of aliphatic hydroxyl groups excluding tert-OH is 1. The minimum atomic E-state index is -0.939. The number of ether oxygens (including phenoxy) is 2. The van der Waals surface area contributed by atoms with Crippen molar-refractivity contribution in [3.8, 4) is 11.5 Å². The van der Waals surface area contributed by atoms with Crippen LogP contribution in [0, 0.1) is 4.91 Å². The maximum atomic E-state index is 11.3. The highest BCUT2D eigenvalue weighted by Crippen LogP contribution is 2.29. The van der Waals surface area contributed by atoms with E-state index in [1.165, 1.54) is 5.01 Å². The van der Waals surface area contributed by atoms with Crippen molar-refractivity contribution in [1.29, 1.82) is 0 Å². The lowest BCUT2D eigenvalue weighted by molar-refractivity contribution is 0.0588. The van der Waals surface area contributed by atoms with Gasteiger partial charge in [-0.3, -0.25) is 5.01 Å². The summed E-state index contributed by atoms with van der Waals surface area (Å²) in [7, 11) is 0. The van der Waals surface area contributed by atoms with Gasteiger partial charge in [-0.25, -0.2) is 0 Å². The normalized spacial score (nSPS) is 12.1. The first-order valence-corrected chi connectivity index (χ1v) is 10.6. The lowest BCUT2D eigenvalue weighted by atomic mass is 10.0. The van der Waals surface area contributed by atoms with Gasteiger partial charge in [0, 0.05) is 6.07 Å². The van der Waals surface area contributed by atoms with Crippen molar-refractivity contribution in [2.45, 2.75) is 45.6 Å². The Bertz CT molecular complexity index is 926. The highest BCUT2D eigenvalue weighted by Gasteiger charge is 2.25. The molecule has 0 aromatic heterocycles. The highest BCUT2D eigenvalue weighted by atomic mass is 16.5. The van der Waals surface area contributed by atoms with E-state index in [0.29, 0.717) is 30.3 Å². The number of hydrogen-bond donors (Lipinski definition) is 1. The summed E-state index contributed by atoms with van der Waals surface area (Å²) in [5, 5.41) is 15.3. The molecule has 1 atom stereocenters. The van der Waals surface area contributed by atoms with Crippen molar-refractivity contribution < 1.29 is 14.6 Å². The first-order chi connectivity index (χ1) is 15.3. The number of hydrogen-bond acceptors (Lipinski definition) is 5. The van der Waals surface area contributed by atoms with Crippen molar-refractivity contribution in [2.75, 3.05) is 6.54 Å². The van der Waals surface area contributed by atoms with Gasteiger partial charge in [-0.1, -0.05) is 60.7 Å². The van der Waals surface area contributed by atoms with E-state index in [0.717, 1.165) is 11.1 Å². The van der Waals surface area contributed by atoms with Crippen molar-refractivity contribution >= 4 is 0 Å². The number of β-amino-alcohol motifs (C(OH)–C–C–N with tert-alkyl or cyclic N) is 1. The first kappa shape index (κ1) is 23.3. The fraction of sp³-hybridized carbons (Fsp3) is 0.308. The average molecular weight is 435 g/mol. The lowest BCUT2D eigenvalue weighted by Crippen LogP contribution is -2.39. The molecule has 3 aromatic rings. The Morgan fingerprint density at radius 1 is 0.844 bits per heavy atom. The number of nitrogens with zero attached hydrogens (tertiary/aromatic N) is 2. The zero-order chi connectivity index (χ0) is 23.0. The average Bonchev–Trinajstić information content (AvgIpc) is 2.80. The van der Waals surface area contributed by atoms with Gasteiger partial charge in [0.15, 0.2) is 0 Å². The molecular weight excluding hydrogens is 404 g/mol. The molecule has 6 nitrogen and oxygen atoms in total. The van der Waals surface area contributed by atoms with Crippen LogP contribution in [0.2, 0.25) is 0 Å². The molecule has 0 saturated heterocycles. The highest BCUT2D eigenvalue weighted by molar-refractivity contribution is 5.40. The molecule has 168 valence electrons. The van der Waals surface area contributed by atoms with E-state index < -0.39 is 11.6 Å². The molecule has 0 aliphatic rings. The molecule has 0 amide bonds. The van der Waals surface area contributed by atoms with E-state index in [-0.39, 0.29) is 6.54 Å². The Morgan fingerprint density at radius 2 is 1.31 bits per heavy atom. The Kier molecular flexibility index (Phi) is 7.84. The van der Waals surface area contributed by atoms with Crippen LogP contribution in [0.5, 0.6) is 11.5 Å². The maximum absolute atomic E-state index is 11.3. The third-order valence-electron chi connectivity index (χ3n) is 5.00. The first-order valence-electron chi connectivity index (χ1n) is 10.6. The summed E-state index contributed by atoms with van der Waals surface area (Å²) in [6.45, 7) is 6.46. The number of nitroso groups, excluding NO2 is 1. The predicted octanol–water partition coefficient (Wildman–Crippen LogP) is 5.66. The van der Waals surface area contributed by atoms with Crippen LogP contribution >= 0.6 is 0 Å². The second-order valence-electron chi connectivity index (χ2n) is 8.64. The smallest absolute Gasteiger partial charge is 0.123 e. The van der Waals surface area contributed by atoms with Gasteiger partial charge in [0.05, 0.1) is 23.5 Å². The Morgan fingerprint density at radius 3 is 1.72 bits per heavy atom. The molecule has 0 spiro atoms. The number of rotatable bonds is 10. The van der Waals surface area contributed by atoms with Gasteiger partial charge < -0.3 is 14.6 Å². The molecule has 6 heteroatoms. The van der Waals surface area contributed by atoms with E-state index in [1.807, 2.05) is 87.5 Å². The second-order valence-corrected chi connectivity index (χ2v) is 8.64. The SMILES string of the molecule is CC(C)(C)N(CC(O)c1cc(OCc2ccccc2)cc(OCc2ccccc2)c1)N=O. The summed E-state index contributed by atoms with van der Waals surface area (Å²) in [4.78, 5) is 11.3. The van der Waals surface area contributed by atoms with Gasteiger partial charge in [0.2, 0.25) is 0 Å². The van der Waals surface area contributed by atoms with Crippen LogP contribution in [0.3, 0.4) is 0 Å². The largest absolute Gasteiger partial charge is 0.489 e. The Labute approximate surface area is 189 Å². The van der Waals surface area contributed by atoms with Crippen LogP contribution in [0.4, 0.5) is 0 Å². The minimum absolute atomic E-state index is 0.0628. The van der Waals surface area contributed by atoms with Gasteiger partial charge >= 0.3 is 0 Å².